The maximum Gasteiger partial charge on any atom is 0.263 e. The van der Waals surface area contributed by atoms with Crippen LogP contribution >= 0.6 is 23.1 Å². The van der Waals surface area contributed by atoms with Crippen LogP contribution in [0.3, 0.4) is 0 Å². The summed E-state index contributed by atoms with van der Waals surface area (Å²) in [7, 11) is 0. The molecule has 0 unspecified atom stereocenters. The lowest BCUT2D eigenvalue weighted by Gasteiger charge is -2.26. The van der Waals surface area contributed by atoms with E-state index < -0.39 is 0 Å². The molecule has 0 fully saturated rings. The standard InChI is InChI=1S/C19H16FN3OS2/c1-11-16(26-19(22-11)15-7-2-3-9-21-15)18(24)23-14-8-10-25-17-12(14)5-4-6-13(17)20/h2-7,9,14H,8,10H2,1H3,(H,23,24)/t14-/m0/s1. The van der Waals surface area contributed by atoms with E-state index >= 15 is 0 Å². The molecule has 3 heterocycles. The largest absolute Gasteiger partial charge is 0.344 e. The summed E-state index contributed by atoms with van der Waals surface area (Å²) in [5.41, 5.74) is 2.28. The maximum absolute atomic E-state index is 14.0. The Morgan fingerprint density at radius 1 is 1.27 bits per heavy atom. The molecule has 0 bridgehead atoms. The number of amides is 1. The number of carbonyl (C=O) groups excluding carboxylic acids is 1. The highest BCUT2D eigenvalue weighted by atomic mass is 32.2. The number of thiazole rings is 1. The Bertz CT molecular complexity index is 959. The first-order valence-corrected chi connectivity index (χ1v) is 10.0. The van der Waals surface area contributed by atoms with Crippen molar-refractivity contribution in [3.8, 4) is 10.7 Å². The molecule has 1 aromatic carbocycles. The number of nitrogens with one attached hydrogen (secondary N) is 1. The minimum Gasteiger partial charge on any atom is -0.344 e. The molecule has 7 heteroatoms. The molecule has 0 spiro atoms. The number of thioether (sulfide) groups is 1. The first-order valence-electron chi connectivity index (χ1n) is 8.24. The highest BCUT2D eigenvalue weighted by Gasteiger charge is 2.26. The van der Waals surface area contributed by atoms with E-state index in [0.717, 1.165) is 28.4 Å². The van der Waals surface area contributed by atoms with Gasteiger partial charge in [0.2, 0.25) is 0 Å². The number of fused-ring (bicyclic) bond motifs is 1. The van der Waals surface area contributed by atoms with Crippen LogP contribution in [0, 0.1) is 12.7 Å². The number of carbonyl (C=O) groups is 1. The van der Waals surface area contributed by atoms with Gasteiger partial charge in [0.1, 0.15) is 15.7 Å². The van der Waals surface area contributed by atoms with Crippen LogP contribution in [-0.2, 0) is 0 Å². The van der Waals surface area contributed by atoms with E-state index in [9.17, 15) is 9.18 Å². The van der Waals surface area contributed by atoms with Crippen molar-refractivity contribution in [2.24, 2.45) is 0 Å². The Balaban J connectivity index is 1.59. The summed E-state index contributed by atoms with van der Waals surface area (Å²) < 4.78 is 14.0. The van der Waals surface area contributed by atoms with E-state index in [4.69, 9.17) is 0 Å². The van der Waals surface area contributed by atoms with Crippen molar-refractivity contribution in [3.63, 3.8) is 0 Å². The molecule has 132 valence electrons. The van der Waals surface area contributed by atoms with Crippen molar-refractivity contribution in [2.45, 2.75) is 24.3 Å². The summed E-state index contributed by atoms with van der Waals surface area (Å²) in [5, 5.41) is 3.78. The topological polar surface area (TPSA) is 54.9 Å². The molecule has 4 rings (SSSR count). The first-order chi connectivity index (χ1) is 12.6. The van der Waals surface area contributed by atoms with Crippen molar-refractivity contribution < 1.29 is 9.18 Å². The van der Waals surface area contributed by atoms with E-state index in [0.29, 0.717) is 15.5 Å². The fraction of sp³-hybridized carbons (Fsp3) is 0.211. The number of rotatable bonds is 3. The zero-order valence-electron chi connectivity index (χ0n) is 14.0. The van der Waals surface area contributed by atoms with Gasteiger partial charge in [0.15, 0.2) is 0 Å². The van der Waals surface area contributed by atoms with Crippen LogP contribution in [0.25, 0.3) is 10.7 Å². The second kappa shape index (κ2) is 7.17. The van der Waals surface area contributed by atoms with Crippen molar-refractivity contribution in [1.82, 2.24) is 15.3 Å². The van der Waals surface area contributed by atoms with Crippen LogP contribution in [-0.4, -0.2) is 21.6 Å². The second-order valence-corrected chi connectivity index (χ2v) is 8.07. The summed E-state index contributed by atoms with van der Waals surface area (Å²) in [6, 6.07) is 10.5. The smallest absolute Gasteiger partial charge is 0.263 e. The van der Waals surface area contributed by atoms with E-state index in [2.05, 4.69) is 15.3 Å². The lowest BCUT2D eigenvalue weighted by molar-refractivity contribution is 0.0938. The molecule has 0 aliphatic carbocycles. The van der Waals surface area contributed by atoms with Crippen LogP contribution in [0.4, 0.5) is 4.39 Å². The summed E-state index contributed by atoms with van der Waals surface area (Å²) in [6.07, 6.45) is 2.48. The molecule has 0 saturated heterocycles. The van der Waals surface area contributed by atoms with E-state index in [1.807, 2.05) is 31.2 Å². The van der Waals surface area contributed by atoms with Crippen LogP contribution in [0.15, 0.2) is 47.5 Å². The van der Waals surface area contributed by atoms with Gasteiger partial charge in [0, 0.05) is 16.8 Å². The Kier molecular flexibility index (Phi) is 4.74. The van der Waals surface area contributed by atoms with Gasteiger partial charge in [-0.05, 0) is 37.1 Å². The molecule has 4 nitrogen and oxygen atoms in total. The fourth-order valence-corrected chi connectivity index (χ4v) is 5.05. The normalized spacial score (nSPS) is 16.2. The summed E-state index contributed by atoms with van der Waals surface area (Å²) >= 11 is 2.83. The van der Waals surface area contributed by atoms with Gasteiger partial charge in [0.25, 0.3) is 5.91 Å². The Labute approximate surface area is 158 Å². The summed E-state index contributed by atoms with van der Waals surface area (Å²) in [5.74, 6) is 0.381. The number of aromatic nitrogens is 2. The quantitative estimate of drug-likeness (QED) is 0.715. The average Bonchev–Trinajstić information content (AvgIpc) is 3.05. The molecule has 26 heavy (non-hydrogen) atoms. The predicted octanol–water partition coefficient (Wildman–Crippen LogP) is 4.62. The SMILES string of the molecule is Cc1nc(-c2ccccn2)sc1C(=O)N[C@H]1CCSc2c(F)cccc21. The highest BCUT2D eigenvalue weighted by Crippen LogP contribution is 2.38. The van der Waals surface area contributed by atoms with Gasteiger partial charge in [-0.25, -0.2) is 9.37 Å². The van der Waals surface area contributed by atoms with Crippen LogP contribution in [0.1, 0.15) is 33.4 Å². The summed E-state index contributed by atoms with van der Waals surface area (Å²) in [6.45, 7) is 1.82. The van der Waals surface area contributed by atoms with Gasteiger partial charge >= 0.3 is 0 Å². The van der Waals surface area contributed by atoms with Crippen molar-refractivity contribution in [3.05, 3.63) is 64.5 Å². The minimum atomic E-state index is -0.224. The summed E-state index contributed by atoms with van der Waals surface area (Å²) in [4.78, 5) is 22.8. The second-order valence-electron chi connectivity index (χ2n) is 5.97. The number of pyridine rings is 1. The molecule has 1 atom stereocenters. The molecule has 0 saturated carbocycles. The number of benzene rings is 1. The highest BCUT2D eigenvalue weighted by molar-refractivity contribution is 7.99. The molecular weight excluding hydrogens is 369 g/mol. The lowest BCUT2D eigenvalue weighted by atomic mass is 10.0. The number of hydrogen-bond donors (Lipinski definition) is 1. The minimum absolute atomic E-state index is 0.172. The zero-order chi connectivity index (χ0) is 18.1. The van der Waals surface area contributed by atoms with Crippen LogP contribution < -0.4 is 5.32 Å². The van der Waals surface area contributed by atoms with E-state index in [-0.39, 0.29) is 17.8 Å². The number of halogens is 1. The third kappa shape index (κ3) is 3.24. The van der Waals surface area contributed by atoms with Crippen LogP contribution in [0.5, 0.6) is 0 Å². The van der Waals surface area contributed by atoms with E-state index in [1.54, 1.807) is 12.3 Å². The van der Waals surface area contributed by atoms with Gasteiger partial charge in [-0.3, -0.25) is 9.78 Å². The van der Waals surface area contributed by atoms with Crippen molar-refractivity contribution >= 4 is 29.0 Å². The van der Waals surface area contributed by atoms with Crippen LogP contribution in [0.2, 0.25) is 0 Å². The Hall–Kier alpha value is -2.25. The number of hydrogen-bond acceptors (Lipinski definition) is 5. The van der Waals surface area contributed by atoms with Gasteiger partial charge in [-0.2, -0.15) is 0 Å². The Morgan fingerprint density at radius 3 is 2.96 bits per heavy atom. The van der Waals surface area contributed by atoms with Gasteiger partial charge in [-0.1, -0.05) is 18.2 Å². The monoisotopic (exact) mass is 385 g/mol. The molecular formula is C19H16FN3OS2. The van der Waals surface area contributed by atoms with Gasteiger partial charge < -0.3 is 5.32 Å². The average molecular weight is 385 g/mol. The van der Waals surface area contributed by atoms with E-state index in [1.165, 1.54) is 29.2 Å². The molecule has 1 aliphatic heterocycles. The molecule has 1 aliphatic rings. The maximum atomic E-state index is 14.0. The lowest BCUT2D eigenvalue weighted by Crippen LogP contribution is -2.30. The first kappa shape index (κ1) is 17.2. The number of aryl methyl sites for hydroxylation is 1. The van der Waals surface area contributed by atoms with Crippen molar-refractivity contribution in [1.29, 1.82) is 0 Å². The molecule has 2 aromatic heterocycles. The van der Waals surface area contributed by atoms with Crippen molar-refractivity contribution in [2.75, 3.05) is 5.75 Å². The fourth-order valence-electron chi connectivity index (χ4n) is 2.97. The van der Waals surface area contributed by atoms with Gasteiger partial charge in [0.05, 0.1) is 17.4 Å². The third-order valence-corrected chi connectivity index (χ3v) is 6.56. The Morgan fingerprint density at radius 2 is 2.15 bits per heavy atom. The zero-order valence-corrected chi connectivity index (χ0v) is 15.7. The predicted molar refractivity (Wildman–Crippen MR) is 102 cm³/mol. The molecule has 1 amide bonds. The third-order valence-electron chi connectivity index (χ3n) is 4.22. The molecule has 1 N–H and O–H groups in total. The molecule has 0 radical (unpaired) electrons. The molecule has 3 aromatic rings. The van der Waals surface area contributed by atoms with Gasteiger partial charge in [-0.15, -0.1) is 23.1 Å². The number of nitrogens with zero attached hydrogens (tertiary/aromatic N) is 2.